The van der Waals surface area contributed by atoms with Crippen LogP contribution in [0.15, 0.2) is 6.07 Å². The number of hydrogen-bond acceptors (Lipinski definition) is 2. The van der Waals surface area contributed by atoms with E-state index in [1.807, 2.05) is 6.92 Å². The highest BCUT2D eigenvalue weighted by Crippen LogP contribution is 2.29. The average molecular weight is 179 g/mol. The summed E-state index contributed by atoms with van der Waals surface area (Å²) in [5.74, 6) is 0. The monoisotopic (exact) mass is 179 g/mol. The van der Waals surface area contributed by atoms with Crippen LogP contribution >= 0.6 is 0 Å². The fraction of sp³-hybridized carbons (Fsp3) is 0.700. The van der Waals surface area contributed by atoms with E-state index in [0.717, 1.165) is 18.5 Å². The predicted octanol–water partition coefficient (Wildman–Crippen LogP) is 1.55. The summed E-state index contributed by atoms with van der Waals surface area (Å²) in [6.07, 6.45) is 3.41. The predicted molar refractivity (Wildman–Crippen MR) is 52.6 cm³/mol. The molecular formula is C10H17N3. The first kappa shape index (κ1) is 8.75. The zero-order chi connectivity index (χ0) is 9.42. The molecule has 0 radical (unpaired) electrons. The van der Waals surface area contributed by atoms with Crippen LogP contribution < -0.4 is 5.73 Å². The molecule has 2 unspecified atom stereocenters. The smallest absolute Gasteiger partial charge is 0.0596 e. The van der Waals surface area contributed by atoms with Gasteiger partial charge in [-0.3, -0.25) is 4.68 Å². The van der Waals surface area contributed by atoms with Crippen molar-refractivity contribution in [2.75, 3.05) is 0 Å². The van der Waals surface area contributed by atoms with E-state index in [-0.39, 0.29) is 0 Å². The molecule has 13 heavy (non-hydrogen) atoms. The minimum atomic E-state index is 0.383. The average Bonchev–Trinajstić information content (AvgIpc) is 2.58. The molecule has 1 aromatic heterocycles. The molecule has 0 spiro atoms. The second-order valence-corrected chi connectivity index (χ2v) is 4.10. The van der Waals surface area contributed by atoms with Crippen molar-refractivity contribution >= 4 is 0 Å². The molecule has 2 atom stereocenters. The van der Waals surface area contributed by atoms with Crippen LogP contribution in [0, 0.1) is 13.8 Å². The Labute approximate surface area is 78.9 Å². The fourth-order valence-corrected chi connectivity index (χ4v) is 2.23. The highest BCUT2D eigenvalue weighted by Gasteiger charge is 2.24. The quantitative estimate of drug-likeness (QED) is 0.711. The molecular weight excluding hydrogens is 162 g/mol. The Morgan fingerprint density at radius 3 is 2.69 bits per heavy atom. The van der Waals surface area contributed by atoms with E-state index in [0.29, 0.717) is 12.1 Å². The Morgan fingerprint density at radius 2 is 2.23 bits per heavy atom. The van der Waals surface area contributed by atoms with Crippen LogP contribution in [-0.2, 0) is 0 Å². The lowest BCUT2D eigenvalue weighted by atomic mass is 10.2. The van der Waals surface area contributed by atoms with Crippen LogP contribution in [-0.4, -0.2) is 15.8 Å². The highest BCUT2D eigenvalue weighted by molar-refractivity contribution is 5.08. The zero-order valence-electron chi connectivity index (χ0n) is 8.33. The van der Waals surface area contributed by atoms with Gasteiger partial charge in [0, 0.05) is 11.7 Å². The lowest BCUT2D eigenvalue weighted by Crippen LogP contribution is -2.16. The van der Waals surface area contributed by atoms with Crippen LogP contribution in [0.3, 0.4) is 0 Å². The van der Waals surface area contributed by atoms with Gasteiger partial charge in [0.05, 0.1) is 11.7 Å². The van der Waals surface area contributed by atoms with E-state index in [4.69, 9.17) is 5.73 Å². The van der Waals surface area contributed by atoms with Crippen molar-refractivity contribution in [1.82, 2.24) is 9.78 Å². The third-order valence-electron chi connectivity index (χ3n) is 2.84. The number of nitrogens with two attached hydrogens (primary N) is 1. The number of hydrogen-bond donors (Lipinski definition) is 1. The SMILES string of the molecule is Cc1cc(C)n(C2CCC(N)C2)n1. The van der Waals surface area contributed by atoms with Crippen LogP contribution in [0.5, 0.6) is 0 Å². The Kier molecular flexibility index (Phi) is 2.12. The lowest BCUT2D eigenvalue weighted by Gasteiger charge is -2.12. The van der Waals surface area contributed by atoms with Crippen molar-refractivity contribution in [3.05, 3.63) is 17.5 Å². The second-order valence-electron chi connectivity index (χ2n) is 4.10. The maximum Gasteiger partial charge on any atom is 0.0596 e. The molecule has 2 N–H and O–H groups in total. The molecule has 0 aromatic carbocycles. The number of aryl methyl sites for hydroxylation is 2. The van der Waals surface area contributed by atoms with Gasteiger partial charge in [0.2, 0.25) is 0 Å². The van der Waals surface area contributed by atoms with Gasteiger partial charge in [0.1, 0.15) is 0 Å². The summed E-state index contributed by atoms with van der Waals surface area (Å²) >= 11 is 0. The second kappa shape index (κ2) is 3.14. The fourth-order valence-electron chi connectivity index (χ4n) is 2.23. The van der Waals surface area contributed by atoms with Gasteiger partial charge in [-0.15, -0.1) is 0 Å². The van der Waals surface area contributed by atoms with Crippen molar-refractivity contribution < 1.29 is 0 Å². The van der Waals surface area contributed by atoms with Gasteiger partial charge >= 0.3 is 0 Å². The zero-order valence-corrected chi connectivity index (χ0v) is 8.33. The Balaban J connectivity index is 2.20. The molecule has 0 aliphatic heterocycles. The third kappa shape index (κ3) is 1.61. The first-order chi connectivity index (χ1) is 6.16. The Hall–Kier alpha value is -0.830. The van der Waals surface area contributed by atoms with Crippen molar-refractivity contribution in [2.24, 2.45) is 5.73 Å². The number of rotatable bonds is 1. The van der Waals surface area contributed by atoms with Gasteiger partial charge in [-0.05, 0) is 39.2 Å². The van der Waals surface area contributed by atoms with Gasteiger partial charge in [0.15, 0.2) is 0 Å². The first-order valence-electron chi connectivity index (χ1n) is 4.95. The van der Waals surface area contributed by atoms with E-state index in [1.165, 1.54) is 12.1 Å². The van der Waals surface area contributed by atoms with E-state index in [9.17, 15) is 0 Å². The molecule has 0 saturated heterocycles. The summed E-state index contributed by atoms with van der Waals surface area (Å²) in [7, 11) is 0. The van der Waals surface area contributed by atoms with Crippen molar-refractivity contribution in [3.63, 3.8) is 0 Å². The van der Waals surface area contributed by atoms with Gasteiger partial charge in [-0.25, -0.2) is 0 Å². The summed E-state index contributed by atoms with van der Waals surface area (Å²) in [5.41, 5.74) is 8.25. The minimum Gasteiger partial charge on any atom is -0.328 e. The van der Waals surface area contributed by atoms with Gasteiger partial charge in [-0.2, -0.15) is 5.10 Å². The normalized spacial score (nSPS) is 28.2. The topological polar surface area (TPSA) is 43.8 Å². The molecule has 1 aromatic rings. The van der Waals surface area contributed by atoms with Crippen molar-refractivity contribution in [3.8, 4) is 0 Å². The van der Waals surface area contributed by atoms with Crippen LogP contribution in [0.2, 0.25) is 0 Å². The minimum absolute atomic E-state index is 0.383. The van der Waals surface area contributed by atoms with E-state index in [1.54, 1.807) is 0 Å². The summed E-state index contributed by atoms with van der Waals surface area (Å²) in [5, 5.41) is 4.49. The van der Waals surface area contributed by atoms with Gasteiger partial charge < -0.3 is 5.73 Å². The van der Waals surface area contributed by atoms with Crippen LogP contribution in [0.25, 0.3) is 0 Å². The van der Waals surface area contributed by atoms with Crippen molar-refractivity contribution in [1.29, 1.82) is 0 Å². The van der Waals surface area contributed by atoms with E-state index in [2.05, 4.69) is 22.8 Å². The summed E-state index contributed by atoms with van der Waals surface area (Å²) in [4.78, 5) is 0. The summed E-state index contributed by atoms with van der Waals surface area (Å²) < 4.78 is 2.14. The van der Waals surface area contributed by atoms with Gasteiger partial charge in [0.25, 0.3) is 0 Å². The van der Waals surface area contributed by atoms with E-state index < -0.39 is 0 Å². The van der Waals surface area contributed by atoms with Crippen LogP contribution in [0.1, 0.15) is 36.7 Å². The summed E-state index contributed by atoms with van der Waals surface area (Å²) in [6.45, 7) is 4.15. The molecule has 0 bridgehead atoms. The van der Waals surface area contributed by atoms with E-state index >= 15 is 0 Å². The maximum atomic E-state index is 5.88. The van der Waals surface area contributed by atoms with Crippen molar-refractivity contribution in [2.45, 2.75) is 45.2 Å². The molecule has 1 aliphatic rings. The third-order valence-corrected chi connectivity index (χ3v) is 2.84. The molecule has 0 amide bonds. The Bertz CT molecular complexity index is 303. The number of aromatic nitrogens is 2. The molecule has 1 aliphatic carbocycles. The molecule has 1 heterocycles. The lowest BCUT2D eigenvalue weighted by molar-refractivity contribution is 0.449. The standard InChI is InChI=1S/C10H17N3/c1-7-5-8(2)13(12-7)10-4-3-9(11)6-10/h5,9-10H,3-4,6,11H2,1-2H3. The molecule has 1 saturated carbocycles. The number of nitrogens with zero attached hydrogens (tertiary/aromatic N) is 2. The summed E-state index contributed by atoms with van der Waals surface area (Å²) in [6, 6.07) is 3.06. The highest BCUT2D eigenvalue weighted by atomic mass is 15.3. The van der Waals surface area contributed by atoms with Crippen LogP contribution in [0.4, 0.5) is 0 Å². The Morgan fingerprint density at radius 1 is 1.46 bits per heavy atom. The first-order valence-corrected chi connectivity index (χ1v) is 4.95. The molecule has 72 valence electrons. The maximum absolute atomic E-state index is 5.88. The van der Waals surface area contributed by atoms with Gasteiger partial charge in [-0.1, -0.05) is 0 Å². The largest absolute Gasteiger partial charge is 0.328 e. The molecule has 3 heteroatoms. The molecule has 1 fully saturated rings. The molecule has 3 nitrogen and oxygen atoms in total. The molecule has 2 rings (SSSR count).